The van der Waals surface area contributed by atoms with Crippen molar-refractivity contribution in [2.45, 2.75) is 37.7 Å². The number of aliphatic hydroxyl groups is 1. The largest absolute Gasteiger partial charge is 0.494 e. The Kier molecular flexibility index (Phi) is 5.07. The first kappa shape index (κ1) is 18.9. The van der Waals surface area contributed by atoms with Crippen molar-refractivity contribution >= 4 is 22.9 Å². The van der Waals surface area contributed by atoms with Crippen molar-refractivity contribution in [3.05, 3.63) is 23.9 Å². The number of nitrogens with zero attached hydrogens (tertiary/aromatic N) is 3. The van der Waals surface area contributed by atoms with Crippen LogP contribution in [0.15, 0.2) is 18.3 Å². The van der Waals surface area contributed by atoms with Crippen molar-refractivity contribution in [1.29, 1.82) is 0 Å². The van der Waals surface area contributed by atoms with E-state index in [0.29, 0.717) is 42.5 Å². The van der Waals surface area contributed by atoms with Gasteiger partial charge in [-0.3, -0.25) is 10.3 Å². The van der Waals surface area contributed by atoms with Crippen LogP contribution in [0.1, 0.15) is 37.7 Å². The highest BCUT2D eigenvalue weighted by Crippen LogP contribution is 2.35. The number of likely N-dealkylation sites (tertiary alicyclic amines) is 1. The molecule has 2 aliphatic rings. The van der Waals surface area contributed by atoms with Crippen LogP contribution in [-0.2, 0) is 4.74 Å². The van der Waals surface area contributed by atoms with Crippen LogP contribution >= 0.6 is 0 Å². The fourth-order valence-corrected chi connectivity index (χ4v) is 3.97. The lowest BCUT2D eigenvalue weighted by Crippen LogP contribution is -2.36. The first-order chi connectivity index (χ1) is 13.5. The molecule has 1 aromatic carbocycles. The van der Waals surface area contributed by atoms with Gasteiger partial charge in [-0.25, -0.2) is 9.78 Å². The van der Waals surface area contributed by atoms with Crippen LogP contribution in [0, 0.1) is 0 Å². The molecule has 2 amide bonds. The maximum absolute atomic E-state index is 12.5. The molecule has 0 bridgehead atoms. The van der Waals surface area contributed by atoms with Gasteiger partial charge in [0.15, 0.2) is 5.82 Å². The molecule has 8 nitrogen and oxygen atoms in total. The summed E-state index contributed by atoms with van der Waals surface area (Å²) >= 11 is 0. The average molecular weight is 386 g/mol. The summed E-state index contributed by atoms with van der Waals surface area (Å²) in [6, 6.07) is 3.67. The zero-order valence-electron chi connectivity index (χ0n) is 16.3. The second-order valence-corrected chi connectivity index (χ2v) is 7.79. The van der Waals surface area contributed by atoms with E-state index >= 15 is 0 Å². The second kappa shape index (κ2) is 7.52. The van der Waals surface area contributed by atoms with Crippen LogP contribution in [0.25, 0.3) is 11.0 Å². The number of carbonyl (C=O) groups is 1. The maximum atomic E-state index is 12.5. The Balaban J connectivity index is 1.61. The molecule has 8 heteroatoms. The summed E-state index contributed by atoms with van der Waals surface area (Å²) in [5.41, 5.74) is 1.74. The third-order valence-corrected chi connectivity index (χ3v) is 5.55. The zero-order valence-corrected chi connectivity index (χ0v) is 16.3. The Morgan fingerprint density at radius 1 is 1.36 bits per heavy atom. The zero-order chi connectivity index (χ0) is 19.7. The molecule has 2 aromatic rings. The van der Waals surface area contributed by atoms with E-state index in [1.807, 2.05) is 6.07 Å². The molecular weight excluding hydrogens is 360 g/mol. The number of nitrogens with one attached hydrogen (secondary N) is 1. The van der Waals surface area contributed by atoms with Crippen molar-refractivity contribution in [2.24, 2.45) is 0 Å². The van der Waals surface area contributed by atoms with Gasteiger partial charge in [0.05, 0.1) is 31.0 Å². The third kappa shape index (κ3) is 3.74. The van der Waals surface area contributed by atoms with Crippen molar-refractivity contribution in [2.75, 3.05) is 38.7 Å². The number of rotatable bonds is 3. The van der Waals surface area contributed by atoms with Crippen molar-refractivity contribution in [1.82, 2.24) is 14.9 Å². The van der Waals surface area contributed by atoms with E-state index in [-0.39, 0.29) is 6.03 Å². The summed E-state index contributed by atoms with van der Waals surface area (Å²) in [4.78, 5) is 23.3. The lowest BCUT2D eigenvalue weighted by Gasteiger charge is -2.23. The van der Waals surface area contributed by atoms with Gasteiger partial charge in [-0.1, -0.05) is 6.07 Å². The van der Waals surface area contributed by atoms with Gasteiger partial charge in [0.1, 0.15) is 11.3 Å². The summed E-state index contributed by atoms with van der Waals surface area (Å²) in [5.74, 6) is 1.37. The Bertz CT molecular complexity index is 880. The molecule has 150 valence electrons. The lowest BCUT2D eigenvalue weighted by atomic mass is 9.90. The number of amides is 2. The van der Waals surface area contributed by atoms with Gasteiger partial charge in [0.2, 0.25) is 0 Å². The summed E-state index contributed by atoms with van der Waals surface area (Å²) < 4.78 is 10.9. The predicted molar refractivity (Wildman–Crippen MR) is 105 cm³/mol. The van der Waals surface area contributed by atoms with Crippen molar-refractivity contribution < 1.29 is 19.4 Å². The van der Waals surface area contributed by atoms with Crippen LogP contribution in [-0.4, -0.2) is 65.0 Å². The number of aromatic nitrogens is 2. The predicted octanol–water partition coefficient (Wildman–Crippen LogP) is 2.52. The normalized spacial score (nSPS) is 23.2. The molecule has 0 aliphatic carbocycles. The molecular formula is C20H26N4O4. The molecule has 1 atom stereocenters. The van der Waals surface area contributed by atoms with E-state index in [4.69, 9.17) is 9.47 Å². The van der Waals surface area contributed by atoms with Gasteiger partial charge in [0.25, 0.3) is 0 Å². The van der Waals surface area contributed by atoms with E-state index in [2.05, 4.69) is 21.4 Å². The molecule has 2 aliphatic heterocycles. The lowest BCUT2D eigenvalue weighted by molar-refractivity contribution is 0.0727. The third-order valence-electron chi connectivity index (χ3n) is 5.55. The van der Waals surface area contributed by atoms with E-state index in [1.165, 1.54) is 0 Å². The van der Waals surface area contributed by atoms with Crippen LogP contribution in [0.5, 0.6) is 5.75 Å². The first-order valence-electron chi connectivity index (χ1n) is 9.66. The monoisotopic (exact) mass is 386 g/mol. The van der Waals surface area contributed by atoms with E-state index < -0.39 is 5.60 Å². The fraction of sp³-hybridized carbons (Fsp3) is 0.550. The van der Waals surface area contributed by atoms with Crippen LogP contribution < -0.4 is 10.1 Å². The minimum Gasteiger partial charge on any atom is -0.494 e. The number of anilines is 1. The fourth-order valence-electron chi connectivity index (χ4n) is 3.97. The highest BCUT2D eigenvalue weighted by Gasteiger charge is 2.34. The standard InChI is InChI=1S/C20H26N4O4/c1-20(26)7-8-24(12-20)19(25)23-16-11-21-17-14(13-5-9-28-10-6-13)3-4-15(27-2)18(17)22-16/h3-4,11,13,26H,5-10,12H2,1-2H3,(H,22,23,25)/t20-/m1/s1. The molecule has 0 saturated carbocycles. The molecule has 1 aromatic heterocycles. The number of carbonyl (C=O) groups excluding carboxylic acids is 1. The van der Waals surface area contributed by atoms with Gasteiger partial charge < -0.3 is 19.5 Å². The number of urea groups is 1. The molecule has 2 fully saturated rings. The number of methoxy groups -OCH3 is 1. The summed E-state index contributed by atoms with van der Waals surface area (Å²) in [5, 5.41) is 12.9. The molecule has 4 rings (SSSR count). The Labute approximate surface area is 163 Å². The van der Waals surface area contributed by atoms with Gasteiger partial charge in [-0.05, 0) is 43.7 Å². The highest BCUT2D eigenvalue weighted by atomic mass is 16.5. The summed E-state index contributed by atoms with van der Waals surface area (Å²) in [6.07, 6.45) is 4.05. The molecule has 2 saturated heterocycles. The molecule has 3 heterocycles. The van der Waals surface area contributed by atoms with E-state index in [1.54, 1.807) is 25.1 Å². The second-order valence-electron chi connectivity index (χ2n) is 7.79. The van der Waals surface area contributed by atoms with Gasteiger partial charge >= 0.3 is 6.03 Å². The molecule has 0 radical (unpaired) electrons. The molecule has 2 N–H and O–H groups in total. The summed E-state index contributed by atoms with van der Waals surface area (Å²) in [6.45, 7) is 4.05. The number of ether oxygens (including phenoxy) is 2. The smallest absolute Gasteiger partial charge is 0.323 e. The molecule has 0 spiro atoms. The minimum atomic E-state index is -0.839. The summed E-state index contributed by atoms with van der Waals surface area (Å²) in [7, 11) is 1.60. The van der Waals surface area contributed by atoms with Crippen molar-refractivity contribution in [3.63, 3.8) is 0 Å². The Hall–Kier alpha value is -2.45. The van der Waals surface area contributed by atoms with E-state index in [0.717, 1.165) is 37.1 Å². The van der Waals surface area contributed by atoms with Gasteiger partial charge in [-0.2, -0.15) is 0 Å². The number of hydrogen-bond acceptors (Lipinski definition) is 6. The highest BCUT2D eigenvalue weighted by molar-refractivity contribution is 5.91. The SMILES string of the molecule is COc1ccc(C2CCOCC2)c2ncc(NC(=O)N3CC[C@@](C)(O)C3)nc12. The number of benzene rings is 1. The number of fused-ring (bicyclic) bond motifs is 1. The maximum Gasteiger partial charge on any atom is 0.323 e. The average Bonchev–Trinajstić information content (AvgIpc) is 3.07. The van der Waals surface area contributed by atoms with E-state index in [9.17, 15) is 9.90 Å². The van der Waals surface area contributed by atoms with Crippen LogP contribution in [0.2, 0.25) is 0 Å². The quantitative estimate of drug-likeness (QED) is 0.841. The van der Waals surface area contributed by atoms with Gasteiger partial charge in [-0.15, -0.1) is 0 Å². The topological polar surface area (TPSA) is 96.8 Å². The first-order valence-corrected chi connectivity index (χ1v) is 9.66. The minimum absolute atomic E-state index is 0.286. The molecule has 0 unspecified atom stereocenters. The molecule has 28 heavy (non-hydrogen) atoms. The number of β-amino-alcohol motifs (C(OH)–C–C–N with tert-alkyl or cyclic N) is 1. The van der Waals surface area contributed by atoms with Crippen LogP contribution in [0.3, 0.4) is 0 Å². The Morgan fingerprint density at radius 3 is 2.82 bits per heavy atom. The van der Waals surface area contributed by atoms with Crippen LogP contribution in [0.4, 0.5) is 10.6 Å². The van der Waals surface area contributed by atoms with Gasteiger partial charge in [0, 0.05) is 19.8 Å². The Morgan fingerprint density at radius 2 is 2.14 bits per heavy atom. The number of hydrogen-bond donors (Lipinski definition) is 2. The van der Waals surface area contributed by atoms with Crippen molar-refractivity contribution in [3.8, 4) is 5.75 Å².